The van der Waals surface area contributed by atoms with E-state index in [1.807, 2.05) is 102 Å². The van der Waals surface area contributed by atoms with Crippen LogP contribution in [0.25, 0.3) is 6.08 Å². The Hall–Kier alpha value is -3.60. The maximum absolute atomic E-state index is 13.4. The molecule has 0 saturated heterocycles. The van der Waals surface area contributed by atoms with Gasteiger partial charge in [0.15, 0.2) is 0 Å². The fourth-order valence-corrected chi connectivity index (χ4v) is 3.74. The molecule has 0 radical (unpaired) electrons. The third-order valence-corrected chi connectivity index (χ3v) is 5.77. The third-order valence-electron chi connectivity index (χ3n) is 5.77. The van der Waals surface area contributed by atoms with E-state index in [2.05, 4.69) is 0 Å². The summed E-state index contributed by atoms with van der Waals surface area (Å²) in [4.78, 5) is 29.9. The highest BCUT2D eigenvalue weighted by molar-refractivity contribution is 5.94. The molecule has 0 unspecified atom stereocenters. The van der Waals surface area contributed by atoms with Gasteiger partial charge in [-0.25, -0.2) is 0 Å². The molecule has 164 valence electrons. The minimum Gasteiger partial charge on any atom is -0.353 e. The van der Waals surface area contributed by atoms with Gasteiger partial charge in [-0.2, -0.15) is 0 Å². The summed E-state index contributed by atoms with van der Waals surface area (Å²) in [6.07, 6.45) is 7.28. The first-order chi connectivity index (χ1) is 15.6. The largest absolute Gasteiger partial charge is 0.353 e. The fourth-order valence-electron chi connectivity index (χ4n) is 3.74. The maximum Gasteiger partial charge on any atom is 0.247 e. The number of aryl methyl sites for hydroxylation is 1. The van der Waals surface area contributed by atoms with Gasteiger partial charge in [-0.15, -0.1) is 0 Å². The van der Waals surface area contributed by atoms with E-state index in [4.69, 9.17) is 0 Å². The van der Waals surface area contributed by atoms with E-state index >= 15 is 0 Å². The highest BCUT2D eigenvalue weighted by Gasteiger charge is 2.34. The van der Waals surface area contributed by atoms with Crippen LogP contribution in [-0.2, 0) is 29.7 Å². The molecule has 2 amide bonds. The molecule has 0 bridgehead atoms. The van der Waals surface area contributed by atoms with Crippen LogP contribution in [0.3, 0.4) is 0 Å². The predicted octanol–water partition coefficient (Wildman–Crippen LogP) is 4.26. The van der Waals surface area contributed by atoms with E-state index in [-0.39, 0.29) is 24.4 Å². The van der Waals surface area contributed by atoms with E-state index in [0.29, 0.717) is 13.1 Å². The molecule has 3 aromatic rings. The zero-order chi connectivity index (χ0) is 22.3. The minimum absolute atomic E-state index is 0.0385. The van der Waals surface area contributed by atoms with Crippen molar-refractivity contribution in [3.63, 3.8) is 0 Å². The lowest BCUT2D eigenvalue weighted by Crippen LogP contribution is -2.43. The number of aromatic nitrogens is 1. The Bertz CT molecular complexity index is 1070. The van der Waals surface area contributed by atoms with Gasteiger partial charge in [0.25, 0.3) is 0 Å². The molecule has 5 nitrogen and oxygen atoms in total. The van der Waals surface area contributed by atoms with Gasteiger partial charge in [-0.3, -0.25) is 9.59 Å². The monoisotopic (exact) mass is 427 g/mol. The average molecular weight is 428 g/mol. The van der Waals surface area contributed by atoms with Crippen molar-refractivity contribution < 1.29 is 9.59 Å². The lowest BCUT2D eigenvalue weighted by Gasteiger charge is -2.27. The minimum atomic E-state index is -0.108. The second-order valence-corrected chi connectivity index (χ2v) is 8.29. The number of carbonyl (C=O) groups excluding carboxylic acids is 2. The van der Waals surface area contributed by atoms with Crippen LogP contribution in [-0.4, -0.2) is 38.8 Å². The molecular weight excluding hydrogens is 398 g/mol. The molecule has 0 spiro atoms. The summed E-state index contributed by atoms with van der Waals surface area (Å²) in [5.74, 6) is -0.147. The smallest absolute Gasteiger partial charge is 0.247 e. The molecule has 2 aromatic carbocycles. The normalized spacial score (nSPS) is 13.3. The number of rotatable bonds is 9. The molecular formula is C27H29N3O2. The maximum atomic E-state index is 13.4. The Balaban J connectivity index is 1.48. The number of carbonyl (C=O) groups is 2. The molecule has 1 fully saturated rings. The van der Waals surface area contributed by atoms with Gasteiger partial charge < -0.3 is 14.4 Å². The first-order valence-corrected chi connectivity index (χ1v) is 11.1. The standard InChI is InChI=1S/C27H29N3O2/c1-28-18-8-13-25(28)20-29(19-23-11-6-3-7-12-23)27(32)21-30(24-15-16-24)26(31)17-14-22-9-4-2-5-10-22/h2-14,17-18,24H,15-16,19-21H2,1H3/b17-14+. The first kappa shape index (κ1) is 21.6. The van der Waals surface area contributed by atoms with Crippen molar-refractivity contribution in [2.24, 2.45) is 7.05 Å². The van der Waals surface area contributed by atoms with E-state index < -0.39 is 0 Å². The Labute approximate surface area is 189 Å². The van der Waals surface area contributed by atoms with Crippen molar-refractivity contribution in [1.82, 2.24) is 14.4 Å². The number of amides is 2. The number of benzene rings is 2. The number of hydrogen-bond donors (Lipinski definition) is 0. The van der Waals surface area contributed by atoms with Crippen LogP contribution < -0.4 is 0 Å². The van der Waals surface area contributed by atoms with Gasteiger partial charge in [0.2, 0.25) is 11.8 Å². The molecule has 0 N–H and O–H groups in total. The molecule has 4 rings (SSSR count). The Kier molecular flexibility index (Phi) is 6.85. The molecule has 1 aromatic heterocycles. The molecule has 1 heterocycles. The van der Waals surface area contributed by atoms with Gasteiger partial charge in [-0.05, 0) is 42.2 Å². The van der Waals surface area contributed by atoms with Gasteiger partial charge in [0.05, 0.1) is 6.54 Å². The van der Waals surface area contributed by atoms with Crippen molar-refractivity contribution in [2.75, 3.05) is 6.54 Å². The molecule has 0 atom stereocenters. The zero-order valence-electron chi connectivity index (χ0n) is 18.4. The highest BCUT2D eigenvalue weighted by atomic mass is 16.2. The van der Waals surface area contributed by atoms with Crippen molar-refractivity contribution in [3.05, 3.63) is 102 Å². The van der Waals surface area contributed by atoms with Gasteiger partial charge in [0, 0.05) is 37.6 Å². The summed E-state index contributed by atoms with van der Waals surface area (Å²) >= 11 is 0. The molecule has 5 heteroatoms. The van der Waals surface area contributed by atoms with Gasteiger partial charge in [-0.1, -0.05) is 60.7 Å². The first-order valence-electron chi connectivity index (χ1n) is 11.1. The highest BCUT2D eigenvalue weighted by Crippen LogP contribution is 2.27. The quantitative estimate of drug-likeness (QED) is 0.479. The van der Waals surface area contributed by atoms with Gasteiger partial charge in [0.1, 0.15) is 6.54 Å². The van der Waals surface area contributed by atoms with Crippen LogP contribution in [0, 0.1) is 0 Å². The summed E-state index contributed by atoms with van der Waals surface area (Å²) in [5.41, 5.74) is 3.10. The zero-order valence-corrected chi connectivity index (χ0v) is 18.4. The predicted molar refractivity (Wildman–Crippen MR) is 126 cm³/mol. The molecule has 0 aliphatic heterocycles. The molecule has 32 heavy (non-hydrogen) atoms. The second kappa shape index (κ2) is 10.1. The lowest BCUT2D eigenvalue weighted by atomic mass is 10.2. The van der Waals surface area contributed by atoms with Crippen molar-refractivity contribution in [2.45, 2.75) is 32.0 Å². The molecule has 1 aliphatic carbocycles. The van der Waals surface area contributed by atoms with E-state index in [1.54, 1.807) is 11.0 Å². The van der Waals surface area contributed by atoms with Crippen molar-refractivity contribution in [1.29, 1.82) is 0 Å². The van der Waals surface area contributed by atoms with E-state index in [9.17, 15) is 9.59 Å². The summed E-state index contributed by atoms with van der Waals surface area (Å²) in [6.45, 7) is 1.11. The van der Waals surface area contributed by atoms with Crippen LogP contribution in [0.2, 0.25) is 0 Å². The SMILES string of the molecule is Cn1cccc1CN(Cc1ccccc1)C(=O)CN(C(=O)/C=C/c1ccccc1)C1CC1. The van der Waals surface area contributed by atoms with Crippen LogP contribution in [0.5, 0.6) is 0 Å². The van der Waals surface area contributed by atoms with Crippen LogP contribution >= 0.6 is 0 Å². The summed E-state index contributed by atoms with van der Waals surface area (Å²) in [7, 11) is 1.98. The fraction of sp³-hybridized carbons (Fsp3) is 0.259. The molecule has 1 aliphatic rings. The number of nitrogens with zero attached hydrogens (tertiary/aromatic N) is 3. The average Bonchev–Trinajstić information content (AvgIpc) is 3.58. The van der Waals surface area contributed by atoms with Crippen molar-refractivity contribution in [3.8, 4) is 0 Å². The summed E-state index contributed by atoms with van der Waals surface area (Å²) in [6, 6.07) is 23.9. The van der Waals surface area contributed by atoms with Crippen LogP contribution in [0.4, 0.5) is 0 Å². The Morgan fingerprint density at radius 2 is 1.62 bits per heavy atom. The summed E-state index contributed by atoms with van der Waals surface area (Å²) in [5, 5.41) is 0. The summed E-state index contributed by atoms with van der Waals surface area (Å²) < 4.78 is 2.03. The van der Waals surface area contributed by atoms with Gasteiger partial charge >= 0.3 is 0 Å². The van der Waals surface area contributed by atoms with E-state index in [0.717, 1.165) is 29.7 Å². The molecule has 1 saturated carbocycles. The third kappa shape index (κ3) is 5.76. The Morgan fingerprint density at radius 1 is 0.938 bits per heavy atom. The van der Waals surface area contributed by atoms with Crippen molar-refractivity contribution >= 4 is 17.9 Å². The Morgan fingerprint density at radius 3 is 2.25 bits per heavy atom. The number of hydrogen-bond acceptors (Lipinski definition) is 2. The second-order valence-electron chi connectivity index (χ2n) is 8.29. The lowest BCUT2D eigenvalue weighted by molar-refractivity contribution is -0.139. The van der Waals surface area contributed by atoms with Crippen LogP contribution in [0.15, 0.2) is 85.1 Å². The van der Waals surface area contributed by atoms with Crippen LogP contribution in [0.1, 0.15) is 29.7 Å². The van der Waals surface area contributed by atoms with E-state index in [1.165, 1.54) is 0 Å². The topological polar surface area (TPSA) is 45.6 Å².